The van der Waals surface area contributed by atoms with Gasteiger partial charge in [0.15, 0.2) is 6.29 Å². The molecule has 0 saturated carbocycles. The molecule has 0 aromatic carbocycles. The van der Waals surface area contributed by atoms with Gasteiger partial charge in [-0.25, -0.2) is 0 Å². The molecule has 0 aromatic heterocycles. The van der Waals surface area contributed by atoms with E-state index in [0.29, 0.717) is 0 Å². The highest BCUT2D eigenvalue weighted by molar-refractivity contribution is 5.77. The number of aliphatic hydroxyl groups excluding tert-OH is 1. The van der Waals surface area contributed by atoms with Crippen LogP contribution in [0.15, 0.2) is 0 Å². The van der Waals surface area contributed by atoms with Crippen molar-refractivity contribution in [2.45, 2.75) is 63.4 Å². The monoisotopic (exact) mass is 291 g/mol. The predicted molar refractivity (Wildman–Crippen MR) is 71.0 cm³/mol. The minimum Gasteiger partial charge on any atom is -0.390 e. The Kier molecular flexibility index (Phi) is 5.91. The van der Waals surface area contributed by atoms with Crippen LogP contribution in [0.4, 0.5) is 0 Å². The van der Waals surface area contributed by atoms with Gasteiger partial charge in [-0.15, -0.1) is 0 Å². The molecule has 118 valence electrons. The Morgan fingerprint density at radius 2 is 1.95 bits per heavy atom. The third kappa shape index (κ3) is 4.39. The largest absolute Gasteiger partial charge is 0.390 e. The number of nitrogens with one attached hydrogen (secondary N) is 1. The summed E-state index contributed by atoms with van der Waals surface area (Å²) in [6, 6.07) is -0.624. The van der Waals surface area contributed by atoms with E-state index in [9.17, 15) is 15.0 Å². The number of carbonyl (C=O) groups excluding carboxylic acids is 1. The smallest absolute Gasteiger partial charge is 0.223 e. The molecule has 0 spiro atoms. The van der Waals surface area contributed by atoms with Gasteiger partial charge in [-0.1, -0.05) is 0 Å². The van der Waals surface area contributed by atoms with E-state index in [1.165, 1.54) is 14.2 Å². The molecule has 0 radical (unpaired) electrons. The van der Waals surface area contributed by atoms with E-state index in [1.54, 1.807) is 20.8 Å². The average Bonchev–Trinajstić information content (AvgIpc) is 2.31. The van der Waals surface area contributed by atoms with Crippen LogP contribution in [0.2, 0.25) is 0 Å². The molecule has 1 amide bonds. The van der Waals surface area contributed by atoms with Crippen LogP contribution in [0.5, 0.6) is 0 Å². The van der Waals surface area contributed by atoms with Crippen LogP contribution in [0.3, 0.4) is 0 Å². The van der Waals surface area contributed by atoms with E-state index in [0.717, 1.165) is 0 Å². The Morgan fingerprint density at radius 3 is 2.40 bits per heavy atom. The van der Waals surface area contributed by atoms with Gasteiger partial charge in [-0.2, -0.15) is 0 Å². The Bertz CT molecular complexity index is 329. The number of hydrogen-bond acceptors (Lipinski definition) is 6. The SMILES string of the molecule is COC1O[C@H](C)[C@@H](NC(=O)CC(C)(C)O)[C@H](O)[C@H]1OC. The minimum absolute atomic E-state index is 0.0612. The quantitative estimate of drug-likeness (QED) is 0.626. The number of hydrogen-bond donors (Lipinski definition) is 3. The zero-order valence-corrected chi connectivity index (χ0v) is 12.6. The molecule has 7 heteroatoms. The molecule has 20 heavy (non-hydrogen) atoms. The van der Waals surface area contributed by atoms with Crippen molar-refractivity contribution in [3.63, 3.8) is 0 Å². The van der Waals surface area contributed by atoms with Crippen molar-refractivity contribution in [3.8, 4) is 0 Å². The first kappa shape index (κ1) is 17.3. The number of aliphatic hydroxyl groups is 2. The van der Waals surface area contributed by atoms with Crippen molar-refractivity contribution in [1.29, 1.82) is 0 Å². The van der Waals surface area contributed by atoms with Crippen molar-refractivity contribution in [2.24, 2.45) is 0 Å². The van der Waals surface area contributed by atoms with Gasteiger partial charge < -0.3 is 29.7 Å². The zero-order chi connectivity index (χ0) is 15.5. The third-order valence-electron chi connectivity index (χ3n) is 3.25. The van der Waals surface area contributed by atoms with Crippen LogP contribution in [-0.4, -0.2) is 66.6 Å². The molecular weight excluding hydrogens is 266 g/mol. The molecule has 1 aliphatic heterocycles. The van der Waals surface area contributed by atoms with E-state index in [-0.39, 0.29) is 12.3 Å². The second-order valence-corrected chi connectivity index (χ2v) is 5.72. The van der Waals surface area contributed by atoms with Crippen LogP contribution in [0.25, 0.3) is 0 Å². The second-order valence-electron chi connectivity index (χ2n) is 5.72. The lowest BCUT2D eigenvalue weighted by Gasteiger charge is -2.42. The Morgan fingerprint density at radius 1 is 1.35 bits per heavy atom. The Balaban J connectivity index is 2.71. The highest BCUT2D eigenvalue weighted by Crippen LogP contribution is 2.23. The lowest BCUT2D eigenvalue weighted by atomic mass is 9.96. The van der Waals surface area contributed by atoms with Gasteiger partial charge >= 0.3 is 0 Å². The van der Waals surface area contributed by atoms with Gasteiger partial charge in [0.25, 0.3) is 0 Å². The number of methoxy groups -OCH3 is 2. The average molecular weight is 291 g/mol. The van der Waals surface area contributed by atoms with Gasteiger partial charge in [-0.05, 0) is 20.8 Å². The number of ether oxygens (including phenoxy) is 3. The Labute approximate surface area is 119 Å². The molecule has 0 bridgehead atoms. The summed E-state index contributed by atoms with van der Waals surface area (Å²) < 4.78 is 15.8. The van der Waals surface area contributed by atoms with Crippen molar-refractivity contribution in [1.82, 2.24) is 5.32 Å². The summed E-state index contributed by atoms with van der Waals surface area (Å²) in [5.74, 6) is -0.359. The molecule has 1 unspecified atom stereocenters. The van der Waals surface area contributed by atoms with Gasteiger partial charge in [0.05, 0.1) is 24.2 Å². The molecule has 1 heterocycles. The molecule has 1 rings (SSSR count). The highest BCUT2D eigenvalue weighted by atomic mass is 16.7. The first-order chi connectivity index (χ1) is 9.19. The fourth-order valence-corrected chi connectivity index (χ4v) is 2.29. The highest BCUT2D eigenvalue weighted by Gasteiger charge is 2.44. The fraction of sp³-hybridized carbons (Fsp3) is 0.923. The van der Waals surface area contributed by atoms with Gasteiger partial charge in [0.1, 0.15) is 12.2 Å². The number of carbonyl (C=O) groups is 1. The molecule has 0 aromatic rings. The second kappa shape index (κ2) is 6.82. The maximum Gasteiger partial charge on any atom is 0.223 e. The fourth-order valence-electron chi connectivity index (χ4n) is 2.29. The molecule has 1 aliphatic rings. The van der Waals surface area contributed by atoms with Gasteiger partial charge in [0.2, 0.25) is 5.91 Å². The maximum absolute atomic E-state index is 11.9. The predicted octanol–water partition coefficient (Wildman–Crippen LogP) is -0.601. The molecule has 7 nitrogen and oxygen atoms in total. The molecule has 5 atom stereocenters. The summed E-state index contributed by atoms with van der Waals surface area (Å²) >= 11 is 0. The first-order valence-electron chi connectivity index (χ1n) is 6.60. The lowest BCUT2D eigenvalue weighted by molar-refractivity contribution is -0.269. The van der Waals surface area contributed by atoms with Gasteiger partial charge in [-0.3, -0.25) is 4.79 Å². The van der Waals surface area contributed by atoms with E-state index in [4.69, 9.17) is 14.2 Å². The molecule has 1 saturated heterocycles. The zero-order valence-electron chi connectivity index (χ0n) is 12.6. The maximum atomic E-state index is 11.9. The molecule has 3 N–H and O–H groups in total. The van der Waals surface area contributed by atoms with Crippen LogP contribution in [0, 0.1) is 0 Å². The van der Waals surface area contributed by atoms with Crippen molar-refractivity contribution in [3.05, 3.63) is 0 Å². The summed E-state index contributed by atoms with van der Waals surface area (Å²) in [7, 11) is 2.90. The van der Waals surface area contributed by atoms with Crippen LogP contribution in [-0.2, 0) is 19.0 Å². The summed E-state index contributed by atoms with van der Waals surface area (Å²) in [5.41, 5.74) is -1.11. The van der Waals surface area contributed by atoms with Crippen molar-refractivity contribution >= 4 is 5.91 Å². The van der Waals surface area contributed by atoms with Crippen molar-refractivity contribution < 1.29 is 29.2 Å². The van der Waals surface area contributed by atoms with Crippen molar-refractivity contribution in [2.75, 3.05) is 14.2 Å². The van der Waals surface area contributed by atoms with E-state index < -0.39 is 36.2 Å². The van der Waals surface area contributed by atoms with E-state index in [1.807, 2.05) is 0 Å². The van der Waals surface area contributed by atoms with Crippen LogP contribution < -0.4 is 5.32 Å². The van der Waals surface area contributed by atoms with Gasteiger partial charge in [0, 0.05) is 14.2 Å². The standard InChI is InChI=1S/C13H25NO6/c1-7-9(14-8(15)6-13(2,3)17)10(16)11(18-4)12(19-5)20-7/h7,9-12,16-17H,6H2,1-5H3,(H,14,15)/t7-,9-,10+,11-,12?/m1/s1. The third-order valence-corrected chi connectivity index (χ3v) is 3.25. The molecule has 1 fully saturated rings. The summed E-state index contributed by atoms with van der Waals surface area (Å²) in [6.07, 6.45) is -2.84. The van der Waals surface area contributed by atoms with E-state index in [2.05, 4.69) is 5.32 Å². The summed E-state index contributed by atoms with van der Waals surface area (Å²) in [4.78, 5) is 11.9. The number of amides is 1. The first-order valence-corrected chi connectivity index (χ1v) is 6.60. The number of rotatable bonds is 5. The lowest BCUT2D eigenvalue weighted by Crippen LogP contribution is -2.63. The summed E-state index contributed by atoms with van der Waals surface area (Å²) in [5, 5.41) is 22.6. The molecular formula is C13H25NO6. The minimum atomic E-state index is -1.11. The topological polar surface area (TPSA) is 97.3 Å². The summed E-state index contributed by atoms with van der Waals surface area (Å²) in [6.45, 7) is 4.82. The molecule has 0 aliphatic carbocycles. The van der Waals surface area contributed by atoms with Crippen LogP contribution >= 0.6 is 0 Å². The van der Waals surface area contributed by atoms with Crippen LogP contribution in [0.1, 0.15) is 27.2 Å². The van der Waals surface area contributed by atoms with E-state index >= 15 is 0 Å². The Hall–Kier alpha value is -0.730. The normalized spacial score (nSPS) is 34.9.